The van der Waals surface area contributed by atoms with Crippen molar-refractivity contribution >= 4 is 11.7 Å². The van der Waals surface area contributed by atoms with Gasteiger partial charge >= 0.3 is 6.03 Å². The fraction of sp³-hybridized carbons (Fsp3) is 0.474. The molecule has 1 aromatic heterocycles. The number of amides is 2. The maximum atomic E-state index is 12.3. The lowest BCUT2D eigenvalue weighted by molar-refractivity contribution is 0.247. The van der Waals surface area contributed by atoms with E-state index in [1.807, 2.05) is 48.9 Å². The van der Waals surface area contributed by atoms with Crippen molar-refractivity contribution in [3.05, 3.63) is 41.7 Å². The van der Waals surface area contributed by atoms with Crippen LogP contribution in [-0.4, -0.2) is 21.9 Å². The van der Waals surface area contributed by atoms with Gasteiger partial charge < -0.3 is 10.6 Å². The molecule has 5 nitrogen and oxygen atoms in total. The molecule has 1 aliphatic carbocycles. The van der Waals surface area contributed by atoms with Gasteiger partial charge in [-0.2, -0.15) is 5.10 Å². The highest BCUT2D eigenvalue weighted by Gasteiger charge is 2.14. The molecule has 0 spiro atoms. The molecule has 1 heterocycles. The molecule has 0 atom stereocenters. The van der Waals surface area contributed by atoms with Crippen molar-refractivity contribution < 1.29 is 4.79 Å². The predicted octanol–water partition coefficient (Wildman–Crippen LogP) is 4.33. The monoisotopic (exact) mass is 326 g/mol. The fourth-order valence-corrected chi connectivity index (χ4v) is 3.38. The maximum Gasteiger partial charge on any atom is 0.319 e. The molecule has 24 heavy (non-hydrogen) atoms. The quantitative estimate of drug-likeness (QED) is 0.825. The normalized spacial score (nSPS) is 15.8. The lowest BCUT2D eigenvalue weighted by Gasteiger charge is -2.17. The van der Waals surface area contributed by atoms with Crippen LogP contribution in [0, 0.1) is 13.8 Å². The molecule has 0 aliphatic heterocycles. The van der Waals surface area contributed by atoms with E-state index in [9.17, 15) is 4.79 Å². The standard InChI is InChI=1S/C19H26N4O/c1-14-12-15(2)23(22-14)18-11-7-10-17(13-18)21-19(24)20-16-8-5-3-4-6-9-16/h7,10-13,16H,3-6,8-9H2,1-2H3,(H2,20,21,24). The van der Waals surface area contributed by atoms with Gasteiger partial charge in [-0.3, -0.25) is 0 Å². The molecule has 3 rings (SSSR count). The highest BCUT2D eigenvalue weighted by atomic mass is 16.2. The summed E-state index contributed by atoms with van der Waals surface area (Å²) in [6.45, 7) is 4.00. The zero-order valence-electron chi connectivity index (χ0n) is 14.5. The fourth-order valence-electron chi connectivity index (χ4n) is 3.38. The molecular formula is C19H26N4O. The Morgan fingerprint density at radius 2 is 1.88 bits per heavy atom. The number of hydrogen-bond donors (Lipinski definition) is 2. The van der Waals surface area contributed by atoms with Gasteiger partial charge in [0.15, 0.2) is 0 Å². The number of aryl methyl sites for hydroxylation is 2. The summed E-state index contributed by atoms with van der Waals surface area (Å²) in [4.78, 5) is 12.3. The van der Waals surface area contributed by atoms with E-state index >= 15 is 0 Å². The molecule has 5 heteroatoms. The first-order chi connectivity index (χ1) is 11.6. The van der Waals surface area contributed by atoms with Crippen molar-refractivity contribution in [1.82, 2.24) is 15.1 Å². The molecule has 2 N–H and O–H groups in total. The van der Waals surface area contributed by atoms with Crippen LogP contribution >= 0.6 is 0 Å². The Hall–Kier alpha value is -2.30. The maximum absolute atomic E-state index is 12.3. The third-order valence-corrected chi connectivity index (χ3v) is 4.55. The van der Waals surface area contributed by atoms with Gasteiger partial charge in [0.25, 0.3) is 0 Å². The van der Waals surface area contributed by atoms with Gasteiger partial charge in [-0.05, 0) is 51.0 Å². The Labute approximate surface area is 143 Å². The number of nitrogens with zero attached hydrogens (tertiary/aromatic N) is 2. The van der Waals surface area contributed by atoms with E-state index in [1.54, 1.807) is 0 Å². The van der Waals surface area contributed by atoms with Crippen LogP contribution in [0.4, 0.5) is 10.5 Å². The van der Waals surface area contributed by atoms with Crippen molar-refractivity contribution in [1.29, 1.82) is 0 Å². The van der Waals surface area contributed by atoms with Gasteiger partial charge in [0.1, 0.15) is 0 Å². The summed E-state index contributed by atoms with van der Waals surface area (Å²) >= 11 is 0. The number of hydrogen-bond acceptors (Lipinski definition) is 2. The second-order valence-electron chi connectivity index (χ2n) is 6.68. The molecular weight excluding hydrogens is 300 g/mol. The number of aromatic nitrogens is 2. The Kier molecular flexibility index (Phi) is 5.18. The summed E-state index contributed by atoms with van der Waals surface area (Å²) in [6, 6.07) is 10.0. The number of urea groups is 1. The van der Waals surface area contributed by atoms with Crippen LogP contribution in [0.1, 0.15) is 49.9 Å². The lowest BCUT2D eigenvalue weighted by atomic mass is 10.1. The van der Waals surface area contributed by atoms with Crippen LogP contribution < -0.4 is 10.6 Å². The smallest absolute Gasteiger partial charge is 0.319 e. The minimum atomic E-state index is -0.118. The van der Waals surface area contributed by atoms with E-state index in [-0.39, 0.29) is 6.03 Å². The average Bonchev–Trinajstić information content (AvgIpc) is 2.74. The van der Waals surface area contributed by atoms with E-state index in [0.717, 1.165) is 35.6 Å². The molecule has 128 valence electrons. The van der Waals surface area contributed by atoms with E-state index in [2.05, 4.69) is 15.7 Å². The lowest BCUT2D eigenvalue weighted by Crippen LogP contribution is -2.37. The Bertz CT molecular complexity index is 699. The second-order valence-corrected chi connectivity index (χ2v) is 6.68. The molecule has 0 unspecified atom stereocenters. The second kappa shape index (κ2) is 7.51. The third kappa shape index (κ3) is 4.16. The van der Waals surface area contributed by atoms with Crippen LogP contribution in [0.15, 0.2) is 30.3 Å². The first kappa shape index (κ1) is 16.6. The molecule has 2 amide bonds. The number of anilines is 1. The summed E-state index contributed by atoms with van der Waals surface area (Å²) in [7, 11) is 0. The van der Waals surface area contributed by atoms with Gasteiger partial charge in [-0.1, -0.05) is 31.7 Å². The summed E-state index contributed by atoms with van der Waals surface area (Å²) in [5.41, 5.74) is 3.79. The van der Waals surface area contributed by atoms with Crippen molar-refractivity contribution in [2.75, 3.05) is 5.32 Å². The minimum absolute atomic E-state index is 0.118. The average molecular weight is 326 g/mol. The van der Waals surface area contributed by atoms with Crippen molar-refractivity contribution in [2.24, 2.45) is 0 Å². The van der Waals surface area contributed by atoms with Gasteiger partial charge in [-0.15, -0.1) is 0 Å². The highest BCUT2D eigenvalue weighted by molar-refractivity contribution is 5.89. The zero-order chi connectivity index (χ0) is 16.9. The van der Waals surface area contributed by atoms with E-state index in [0.29, 0.717) is 6.04 Å². The van der Waals surface area contributed by atoms with Crippen molar-refractivity contribution in [2.45, 2.75) is 58.4 Å². The summed E-state index contributed by atoms with van der Waals surface area (Å²) in [6.07, 6.45) is 7.14. The van der Waals surface area contributed by atoms with Gasteiger partial charge in [0.2, 0.25) is 0 Å². The van der Waals surface area contributed by atoms with Crippen LogP contribution in [-0.2, 0) is 0 Å². The largest absolute Gasteiger partial charge is 0.335 e. The SMILES string of the molecule is Cc1cc(C)n(-c2cccc(NC(=O)NC3CCCCCC3)c2)n1. The predicted molar refractivity (Wildman–Crippen MR) is 96.7 cm³/mol. The minimum Gasteiger partial charge on any atom is -0.335 e. The van der Waals surface area contributed by atoms with E-state index in [1.165, 1.54) is 25.7 Å². The molecule has 1 saturated carbocycles. The number of carbonyl (C=O) groups is 1. The number of rotatable bonds is 3. The van der Waals surface area contributed by atoms with Crippen LogP contribution in [0.3, 0.4) is 0 Å². The van der Waals surface area contributed by atoms with Crippen LogP contribution in [0.2, 0.25) is 0 Å². The molecule has 2 aromatic rings. The van der Waals surface area contributed by atoms with Gasteiger partial charge in [-0.25, -0.2) is 9.48 Å². The summed E-state index contributed by atoms with van der Waals surface area (Å²) < 4.78 is 1.89. The number of nitrogens with one attached hydrogen (secondary N) is 2. The van der Waals surface area contributed by atoms with Crippen LogP contribution in [0.25, 0.3) is 5.69 Å². The number of benzene rings is 1. The van der Waals surface area contributed by atoms with E-state index in [4.69, 9.17) is 0 Å². The third-order valence-electron chi connectivity index (χ3n) is 4.55. The molecule has 0 bridgehead atoms. The first-order valence-corrected chi connectivity index (χ1v) is 8.83. The van der Waals surface area contributed by atoms with Crippen molar-refractivity contribution in [3.8, 4) is 5.69 Å². The van der Waals surface area contributed by atoms with Gasteiger partial charge in [0, 0.05) is 17.4 Å². The molecule has 1 aliphatic rings. The van der Waals surface area contributed by atoms with E-state index < -0.39 is 0 Å². The van der Waals surface area contributed by atoms with Crippen molar-refractivity contribution in [3.63, 3.8) is 0 Å². The zero-order valence-corrected chi connectivity index (χ0v) is 14.5. The number of carbonyl (C=O) groups excluding carboxylic acids is 1. The Morgan fingerprint density at radius 1 is 1.12 bits per heavy atom. The van der Waals surface area contributed by atoms with Crippen LogP contribution in [0.5, 0.6) is 0 Å². The van der Waals surface area contributed by atoms with Gasteiger partial charge in [0.05, 0.1) is 11.4 Å². The molecule has 1 aromatic carbocycles. The highest BCUT2D eigenvalue weighted by Crippen LogP contribution is 2.19. The molecule has 0 radical (unpaired) electrons. The molecule has 1 fully saturated rings. The Morgan fingerprint density at radius 3 is 2.54 bits per heavy atom. The topological polar surface area (TPSA) is 59.0 Å². The summed E-state index contributed by atoms with van der Waals surface area (Å²) in [5, 5.41) is 10.6. The molecule has 0 saturated heterocycles. The Balaban J connectivity index is 1.65. The first-order valence-electron chi connectivity index (χ1n) is 8.83. The summed E-state index contributed by atoms with van der Waals surface area (Å²) in [5.74, 6) is 0.